The molecule has 0 N–H and O–H groups in total. The van der Waals surface area contributed by atoms with E-state index in [1.165, 1.54) is 7.11 Å². The monoisotopic (exact) mass is 394 g/mol. The molecule has 7 nitrogen and oxygen atoms in total. The second-order valence-corrected chi connectivity index (χ2v) is 6.26. The molecule has 0 fully saturated rings. The number of benzene rings is 1. The Morgan fingerprint density at radius 2 is 1.90 bits per heavy atom. The van der Waals surface area contributed by atoms with E-state index in [4.69, 9.17) is 18.9 Å². The minimum atomic E-state index is -0.676. The van der Waals surface area contributed by atoms with Crippen molar-refractivity contribution in [3.05, 3.63) is 65.2 Å². The lowest BCUT2D eigenvalue weighted by atomic mass is 9.83. The van der Waals surface area contributed by atoms with Gasteiger partial charge in [-0.1, -0.05) is 6.07 Å². The van der Waals surface area contributed by atoms with Crippen molar-refractivity contribution in [3.63, 3.8) is 0 Å². The summed E-state index contributed by atoms with van der Waals surface area (Å²) < 4.78 is 23.6. The van der Waals surface area contributed by atoms with Crippen molar-refractivity contribution in [1.29, 1.82) is 5.26 Å². The number of allylic oxidation sites excluding steroid dienone is 2. The van der Waals surface area contributed by atoms with E-state index in [0.717, 1.165) is 0 Å². The number of carbonyl (C=O) groups is 1. The molecule has 0 spiro atoms. The highest BCUT2D eigenvalue weighted by atomic mass is 16.5. The van der Waals surface area contributed by atoms with E-state index in [9.17, 15) is 10.1 Å². The Balaban J connectivity index is 2.24. The van der Waals surface area contributed by atoms with Gasteiger partial charge in [-0.15, -0.1) is 0 Å². The van der Waals surface area contributed by atoms with E-state index in [0.29, 0.717) is 34.3 Å². The second-order valence-electron chi connectivity index (χ2n) is 6.26. The third-order valence-electron chi connectivity index (χ3n) is 4.63. The SMILES string of the molecule is CCOC(=O)C1=C(C)OC(n2cccc2)=C(C#N)[C@@H]1c1ccc(OC)c(OC)c1. The van der Waals surface area contributed by atoms with E-state index in [1.54, 1.807) is 56.1 Å². The number of hydrogen-bond acceptors (Lipinski definition) is 6. The number of ether oxygens (including phenoxy) is 4. The highest BCUT2D eigenvalue weighted by Crippen LogP contribution is 2.44. The third-order valence-corrected chi connectivity index (χ3v) is 4.63. The maximum Gasteiger partial charge on any atom is 0.338 e. The van der Waals surface area contributed by atoms with Gasteiger partial charge in [-0.25, -0.2) is 4.79 Å². The lowest BCUT2D eigenvalue weighted by Gasteiger charge is -2.29. The zero-order valence-corrected chi connectivity index (χ0v) is 16.8. The standard InChI is InChI=1S/C22H22N2O5/c1-5-28-22(25)19-14(2)29-21(24-10-6-7-11-24)16(13-23)20(19)15-8-9-17(26-3)18(12-15)27-4/h6-12,20H,5H2,1-4H3/t20-/m0/s1. The Kier molecular flexibility index (Phi) is 5.93. The fourth-order valence-electron chi connectivity index (χ4n) is 3.34. The molecule has 0 saturated heterocycles. The highest BCUT2D eigenvalue weighted by molar-refractivity contribution is 5.93. The van der Waals surface area contributed by atoms with Gasteiger partial charge >= 0.3 is 5.97 Å². The van der Waals surface area contributed by atoms with Crippen LogP contribution in [0.2, 0.25) is 0 Å². The van der Waals surface area contributed by atoms with Crippen LogP contribution in [0.4, 0.5) is 0 Å². The van der Waals surface area contributed by atoms with Gasteiger partial charge < -0.3 is 18.9 Å². The zero-order valence-electron chi connectivity index (χ0n) is 16.8. The van der Waals surface area contributed by atoms with Gasteiger partial charge in [0.05, 0.1) is 32.3 Å². The average molecular weight is 394 g/mol. The Hall–Kier alpha value is -3.66. The van der Waals surface area contributed by atoms with E-state index >= 15 is 0 Å². The smallest absolute Gasteiger partial charge is 0.338 e. The van der Waals surface area contributed by atoms with Crippen molar-refractivity contribution >= 4 is 11.9 Å². The van der Waals surface area contributed by atoms with Crippen molar-refractivity contribution in [2.45, 2.75) is 19.8 Å². The highest BCUT2D eigenvalue weighted by Gasteiger charge is 2.37. The summed E-state index contributed by atoms with van der Waals surface area (Å²) in [5.41, 5.74) is 1.27. The summed E-state index contributed by atoms with van der Waals surface area (Å²) in [5.74, 6) is 0.579. The van der Waals surface area contributed by atoms with Gasteiger partial charge in [-0.2, -0.15) is 5.26 Å². The van der Waals surface area contributed by atoms with Gasteiger partial charge in [0.2, 0.25) is 5.88 Å². The van der Waals surface area contributed by atoms with Crippen molar-refractivity contribution in [2.75, 3.05) is 20.8 Å². The van der Waals surface area contributed by atoms with Gasteiger partial charge in [0.15, 0.2) is 11.5 Å². The molecule has 1 aromatic carbocycles. The van der Waals surface area contributed by atoms with Crippen LogP contribution in [-0.4, -0.2) is 31.4 Å². The second kappa shape index (κ2) is 8.57. The van der Waals surface area contributed by atoms with E-state index in [2.05, 4.69) is 6.07 Å². The summed E-state index contributed by atoms with van der Waals surface area (Å²) in [5, 5.41) is 10.0. The number of methoxy groups -OCH3 is 2. The van der Waals surface area contributed by atoms with Gasteiger partial charge in [0, 0.05) is 12.4 Å². The maximum atomic E-state index is 12.8. The Morgan fingerprint density at radius 3 is 2.48 bits per heavy atom. The van der Waals surface area contributed by atoms with Crippen LogP contribution in [0.25, 0.3) is 5.88 Å². The molecule has 2 heterocycles. The fourth-order valence-corrected chi connectivity index (χ4v) is 3.34. The van der Waals surface area contributed by atoms with E-state index in [1.807, 2.05) is 12.1 Å². The number of hydrogen-bond donors (Lipinski definition) is 0. The summed E-state index contributed by atoms with van der Waals surface area (Å²) in [6, 6.07) is 11.2. The Morgan fingerprint density at radius 1 is 1.21 bits per heavy atom. The molecule has 0 unspecified atom stereocenters. The largest absolute Gasteiger partial charge is 0.493 e. The first-order chi connectivity index (χ1) is 14.0. The number of rotatable bonds is 6. The van der Waals surface area contributed by atoms with Gasteiger partial charge in [0.25, 0.3) is 0 Å². The van der Waals surface area contributed by atoms with Crippen molar-refractivity contribution in [2.24, 2.45) is 0 Å². The molecule has 2 aromatic rings. The van der Waals surface area contributed by atoms with Gasteiger partial charge in [0.1, 0.15) is 17.4 Å². The van der Waals surface area contributed by atoms with E-state index in [-0.39, 0.29) is 12.2 Å². The minimum absolute atomic E-state index is 0.213. The first-order valence-electron chi connectivity index (χ1n) is 9.10. The molecule has 7 heteroatoms. The number of carbonyl (C=O) groups excluding carboxylic acids is 1. The minimum Gasteiger partial charge on any atom is -0.493 e. The summed E-state index contributed by atoms with van der Waals surface area (Å²) in [7, 11) is 3.08. The van der Waals surface area contributed by atoms with Crippen LogP contribution in [0.15, 0.2) is 59.6 Å². The predicted octanol–water partition coefficient (Wildman–Crippen LogP) is 3.85. The van der Waals surface area contributed by atoms with Crippen LogP contribution in [0.5, 0.6) is 11.5 Å². The molecule has 0 amide bonds. The molecule has 3 rings (SSSR count). The Bertz CT molecular complexity index is 1010. The maximum absolute atomic E-state index is 12.8. The molecule has 1 aromatic heterocycles. The summed E-state index contributed by atoms with van der Waals surface area (Å²) in [4.78, 5) is 12.8. The first-order valence-corrected chi connectivity index (χ1v) is 9.10. The zero-order chi connectivity index (χ0) is 21.0. The first kappa shape index (κ1) is 20.1. The van der Waals surface area contributed by atoms with Crippen LogP contribution in [0, 0.1) is 11.3 Å². The molecule has 0 radical (unpaired) electrons. The van der Waals surface area contributed by atoms with E-state index < -0.39 is 11.9 Å². The molecular weight excluding hydrogens is 372 g/mol. The molecule has 0 aliphatic carbocycles. The normalized spacial score (nSPS) is 16.2. The lowest BCUT2D eigenvalue weighted by molar-refractivity contribution is -0.139. The summed E-state index contributed by atoms with van der Waals surface area (Å²) in [6.07, 6.45) is 3.56. The van der Waals surface area contributed by atoms with Crippen molar-refractivity contribution in [3.8, 4) is 17.6 Å². The average Bonchev–Trinajstić information content (AvgIpc) is 3.27. The van der Waals surface area contributed by atoms with Crippen LogP contribution >= 0.6 is 0 Å². The van der Waals surface area contributed by atoms with Gasteiger partial charge in [-0.3, -0.25) is 4.57 Å². The van der Waals surface area contributed by atoms with Crippen LogP contribution in [0.1, 0.15) is 25.3 Å². The molecule has 0 bridgehead atoms. The van der Waals surface area contributed by atoms with Crippen molar-refractivity contribution in [1.82, 2.24) is 4.57 Å². The summed E-state index contributed by atoms with van der Waals surface area (Å²) >= 11 is 0. The molecule has 1 aliphatic heterocycles. The predicted molar refractivity (Wildman–Crippen MR) is 106 cm³/mol. The van der Waals surface area contributed by atoms with Crippen LogP contribution < -0.4 is 9.47 Å². The number of esters is 1. The lowest BCUT2D eigenvalue weighted by Crippen LogP contribution is -2.24. The molecule has 1 aliphatic rings. The third kappa shape index (κ3) is 3.69. The van der Waals surface area contributed by atoms with Crippen molar-refractivity contribution < 1.29 is 23.7 Å². The molecular formula is C22H22N2O5. The molecule has 150 valence electrons. The molecule has 1 atom stereocenters. The molecule has 0 saturated carbocycles. The number of nitriles is 1. The van der Waals surface area contributed by atoms with Crippen LogP contribution in [-0.2, 0) is 14.3 Å². The quantitative estimate of drug-likeness (QED) is 0.692. The number of nitrogens with zero attached hydrogens (tertiary/aromatic N) is 2. The number of aromatic nitrogens is 1. The molecule has 29 heavy (non-hydrogen) atoms. The Labute approximate surface area is 169 Å². The summed E-state index contributed by atoms with van der Waals surface area (Å²) in [6.45, 7) is 3.64. The van der Waals surface area contributed by atoms with Gasteiger partial charge in [-0.05, 0) is 43.7 Å². The van der Waals surface area contributed by atoms with Crippen LogP contribution in [0.3, 0.4) is 0 Å². The fraction of sp³-hybridized carbons (Fsp3) is 0.273. The topological polar surface area (TPSA) is 82.7 Å².